The maximum atomic E-state index is 12.7. The number of hydrogen-bond donors (Lipinski definition) is 0. The van der Waals surface area contributed by atoms with Crippen LogP contribution in [0.1, 0.15) is 30.8 Å². The van der Waals surface area contributed by atoms with Crippen LogP contribution in [0.15, 0.2) is 6.07 Å². The average Bonchev–Trinajstić information content (AvgIpc) is 2.85. The number of aromatic nitrogens is 2. The lowest BCUT2D eigenvalue weighted by Crippen LogP contribution is -2.19. The molecule has 1 aromatic rings. The van der Waals surface area contributed by atoms with Crippen LogP contribution in [0.4, 0.5) is 13.2 Å². The molecule has 0 saturated carbocycles. The highest BCUT2D eigenvalue weighted by Gasteiger charge is 2.38. The Balaban J connectivity index is 2.37. The molecule has 90 valence electrons. The van der Waals surface area contributed by atoms with E-state index >= 15 is 0 Å². The van der Waals surface area contributed by atoms with Crippen molar-refractivity contribution in [2.75, 3.05) is 13.2 Å². The van der Waals surface area contributed by atoms with Crippen molar-refractivity contribution in [3.8, 4) is 0 Å². The lowest BCUT2D eigenvalue weighted by Gasteiger charge is -2.14. The fourth-order valence-electron chi connectivity index (χ4n) is 1.82. The van der Waals surface area contributed by atoms with E-state index in [1.165, 1.54) is 0 Å². The van der Waals surface area contributed by atoms with Crippen molar-refractivity contribution in [2.45, 2.75) is 32.0 Å². The second-order valence-corrected chi connectivity index (χ2v) is 3.83. The number of alkyl halides is 3. The van der Waals surface area contributed by atoms with Crippen LogP contribution < -0.4 is 0 Å². The zero-order valence-electron chi connectivity index (χ0n) is 8.92. The van der Waals surface area contributed by atoms with E-state index in [-0.39, 0.29) is 6.04 Å². The van der Waals surface area contributed by atoms with Crippen LogP contribution in [-0.4, -0.2) is 23.0 Å². The maximum absolute atomic E-state index is 12.7. The molecule has 0 bridgehead atoms. The summed E-state index contributed by atoms with van der Waals surface area (Å²) in [5.41, 5.74) is -0.195. The fraction of sp³-hybridized carbons (Fsp3) is 0.700. The van der Waals surface area contributed by atoms with Gasteiger partial charge in [0.1, 0.15) is 5.69 Å². The highest BCUT2D eigenvalue weighted by Crippen LogP contribution is 2.33. The Labute approximate surface area is 91.2 Å². The van der Waals surface area contributed by atoms with Gasteiger partial charge in [-0.1, -0.05) is 6.92 Å². The van der Waals surface area contributed by atoms with Crippen LogP contribution in [0.2, 0.25) is 0 Å². The molecule has 2 heterocycles. The SMILES string of the molecule is CCc1cc(C(F)(F)F)n(C2CCOC2)n1. The molecule has 3 nitrogen and oxygen atoms in total. The van der Waals surface area contributed by atoms with Crippen molar-refractivity contribution in [3.05, 3.63) is 17.5 Å². The van der Waals surface area contributed by atoms with Crippen LogP contribution in [0.3, 0.4) is 0 Å². The van der Waals surface area contributed by atoms with E-state index < -0.39 is 11.9 Å². The van der Waals surface area contributed by atoms with E-state index in [9.17, 15) is 13.2 Å². The molecule has 0 N–H and O–H groups in total. The number of halogens is 3. The first-order chi connectivity index (χ1) is 7.52. The first-order valence-corrected chi connectivity index (χ1v) is 5.25. The third-order valence-electron chi connectivity index (χ3n) is 2.69. The van der Waals surface area contributed by atoms with Gasteiger partial charge in [-0.3, -0.25) is 4.68 Å². The summed E-state index contributed by atoms with van der Waals surface area (Å²) in [4.78, 5) is 0. The predicted molar refractivity (Wildman–Crippen MR) is 51.1 cm³/mol. The molecular weight excluding hydrogens is 221 g/mol. The lowest BCUT2D eigenvalue weighted by molar-refractivity contribution is -0.145. The van der Waals surface area contributed by atoms with Crippen molar-refractivity contribution in [3.63, 3.8) is 0 Å². The van der Waals surface area contributed by atoms with Crippen LogP contribution in [0, 0.1) is 0 Å². The van der Waals surface area contributed by atoms with Gasteiger partial charge in [-0.15, -0.1) is 0 Å². The molecule has 1 aliphatic rings. The number of hydrogen-bond acceptors (Lipinski definition) is 2. The van der Waals surface area contributed by atoms with E-state index in [2.05, 4.69) is 5.10 Å². The van der Waals surface area contributed by atoms with E-state index in [4.69, 9.17) is 4.74 Å². The summed E-state index contributed by atoms with van der Waals surface area (Å²) in [6.07, 6.45) is -3.25. The zero-order valence-corrected chi connectivity index (χ0v) is 8.92. The average molecular weight is 234 g/mol. The van der Waals surface area contributed by atoms with Crippen molar-refractivity contribution in [2.24, 2.45) is 0 Å². The highest BCUT2D eigenvalue weighted by atomic mass is 19.4. The summed E-state index contributed by atoms with van der Waals surface area (Å²) in [5, 5.41) is 3.99. The Morgan fingerprint density at radius 3 is 2.81 bits per heavy atom. The molecule has 0 spiro atoms. The molecule has 2 rings (SSSR count). The molecular formula is C10H13F3N2O. The minimum atomic E-state index is -4.34. The lowest BCUT2D eigenvalue weighted by atomic mass is 10.2. The molecule has 1 saturated heterocycles. The second kappa shape index (κ2) is 4.08. The minimum absolute atomic E-state index is 0.281. The van der Waals surface area contributed by atoms with E-state index in [0.717, 1.165) is 10.7 Å². The van der Waals surface area contributed by atoms with Crippen LogP contribution in [-0.2, 0) is 17.3 Å². The van der Waals surface area contributed by atoms with Crippen LogP contribution >= 0.6 is 0 Å². The Hall–Kier alpha value is -1.04. The number of aryl methyl sites for hydroxylation is 1. The molecule has 1 atom stereocenters. The van der Waals surface area contributed by atoms with E-state index in [1.807, 2.05) is 0 Å². The number of ether oxygens (including phenoxy) is 1. The summed E-state index contributed by atoms with van der Waals surface area (Å²) >= 11 is 0. The van der Waals surface area contributed by atoms with Gasteiger partial charge in [0.2, 0.25) is 0 Å². The summed E-state index contributed by atoms with van der Waals surface area (Å²) in [5.74, 6) is 0. The molecule has 1 aliphatic heterocycles. The molecule has 1 aromatic heterocycles. The largest absolute Gasteiger partial charge is 0.433 e. The molecule has 1 unspecified atom stereocenters. The van der Waals surface area contributed by atoms with Gasteiger partial charge in [-0.25, -0.2) is 0 Å². The van der Waals surface area contributed by atoms with Gasteiger partial charge in [0.15, 0.2) is 0 Å². The summed E-state index contributed by atoms with van der Waals surface area (Å²) in [6, 6.07) is 0.843. The number of nitrogens with zero attached hydrogens (tertiary/aromatic N) is 2. The van der Waals surface area contributed by atoms with Gasteiger partial charge in [-0.05, 0) is 18.9 Å². The highest BCUT2D eigenvalue weighted by molar-refractivity contribution is 5.14. The summed E-state index contributed by atoms with van der Waals surface area (Å²) in [7, 11) is 0. The quantitative estimate of drug-likeness (QED) is 0.785. The molecule has 6 heteroatoms. The topological polar surface area (TPSA) is 27.1 Å². The van der Waals surface area contributed by atoms with Crippen molar-refractivity contribution < 1.29 is 17.9 Å². The molecule has 1 fully saturated rings. The zero-order chi connectivity index (χ0) is 11.8. The van der Waals surface area contributed by atoms with Gasteiger partial charge in [0.05, 0.1) is 18.3 Å². The minimum Gasteiger partial charge on any atom is -0.379 e. The fourth-order valence-corrected chi connectivity index (χ4v) is 1.82. The van der Waals surface area contributed by atoms with Crippen molar-refractivity contribution >= 4 is 0 Å². The van der Waals surface area contributed by atoms with Crippen molar-refractivity contribution in [1.29, 1.82) is 0 Å². The monoisotopic (exact) mass is 234 g/mol. The van der Waals surface area contributed by atoms with Crippen molar-refractivity contribution in [1.82, 2.24) is 9.78 Å². The normalized spacial score (nSPS) is 21.6. The van der Waals surface area contributed by atoms with Gasteiger partial charge in [0.25, 0.3) is 0 Å². The van der Waals surface area contributed by atoms with Crippen LogP contribution in [0.5, 0.6) is 0 Å². The third-order valence-corrected chi connectivity index (χ3v) is 2.69. The molecule has 0 aliphatic carbocycles. The van der Waals surface area contributed by atoms with Gasteiger partial charge in [0, 0.05) is 6.61 Å². The predicted octanol–water partition coefficient (Wildman–Crippen LogP) is 2.43. The first kappa shape index (κ1) is 11.4. The molecule has 0 amide bonds. The number of rotatable bonds is 2. The Morgan fingerprint density at radius 2 is 2.31 bits per heavy atom. The third kappa shape index (κ3) is 2.07. The van der Waals surface area contributed by atoms with Gasteiger partial charge < -0.3 is 4.74 Å². The molecule has 0 aromatic carbocycles. The second-order valence-electron chi connectivity index (χ2n) is 3.83. The Bertz CT molecular complexity index is 367. The summed E-state index contributed by atoms with van der Waals surface area (Å²) in [6.45, 7) is 2.61. The smallest absolute Gasteiger partial charge is 0.379 e. The first-order valence-electron chi connectivity index (χ1n) is 5.25. The van der Waals surface area contributed by atoms with E-state index in [1.54, 1.807) is 6.92 Å². The Kier molecular flexibility index (Phi) is 2.92. The molecule has 0 radical (unpaired) electrons. The summed E-state index contributed by atoms with van der Waals surface area (Å²) < 4.78 is 44.4. The van der Waals surface area contributed by atoms with Gasteiger partial charge in [-0.2, -0.15) is 18.3 Å². The van der Waals surface area contributed by atoms with Gasteiger partial charge >= 0.3 is 6.18 Å². The molecule has 16 heavy (non-hydrogen) atoms. The maximum Gasteiger partial charge on any atom is 0.433 e. The van der Waals surface area contributed by atoms with E-state index in [0.29, 0.717) is 31.7 Å². The van der Waals surface area contributed by atoms with Crippen LogP contribution in [0.25, 0.3) is 0 Å². The Morgan fingerprint density at radius 1 is 1.56 bits per heavy atom. The standard InChI is InChI=1S/C10H13F3N2O/c1-2-7-5-9(10(11,12)13)15(14-7)8-3-4-16-6-8/h5,8H,2-4,6H2,1H3.